The molecule has 6 aromatic rings. The van der Waals surface area contributed by atoms with Crippen molar-refractivity contribution in [3.05, 3.63) is 156 Å². The van der Waals surface area contributed by atoms with Crippen molar-refractivity contribution in [1.29, 1.82) is 0 Å². The molecule has 0 nitrogen and oxygen atoms in total. The molecule has 0 aliphatic carbocycles. The van der Waals surface area contributed by atoms with Crippen molar-refractivity contribution in [1.82, 2.24) is 0 Å². The number of fused-ring (bicyclic) bond motifs is 1. The highest BCUT2D eigenvalue weighted by molar-refractivity contribution is 7.81. The summed E-state index contributed by atoms with van der Waals surface area (Å²) in [6, 6.07) is 27.4. The number of hydrogen-bond donors (Lipinski definition) is 0. The second-order valence-corrected chi connectivity index (χ2v) is 15.9. The van der Waals surface area contributed by atoms with Crippen LogP contribution in [0.5, 0.6) is 0 Å². The van der Waals surface area contributed by atoms with Crippen LogP contribution in [0.4, 0.5) is 52.7 Å². The van der Waals surface area contributed by atoms with Gasteiger partial charge in [-0.15, -0.1) is 0 Å². The van der Waals surface area contributed by atoms with Crippen LogP contribution in [0.1, 0.15) is 22.3 Å². The van der Waals surface area contributed by atoms with E-state index < -0.39 is 62.8 Å². The number of hydrogen-bond acceptors (Lipinski definition) is 0. The molecular formula is C38H22F12P2. The smallest absolute Gasteiger partial charge is 0.166 e. The van der Waals surface area contributed by atoms with Crippen LogP contribution < -0.4 is 31.8 Å². The Morgan fingerprint density at radius 3 is 0.673 bits per heavy atom. The summed E-state index contributed by atoms with van der Waals surface area (Å²) < 4.78 is 162. The molecule has 14 heteroatoms. The van der Waals surface area contributed by atoms with Crippen LogP contribution in [0.25, 0.3) is 10.8 Å². The lowest BCUT2D eigenvalue weighted by atomic mass is 10.1. The van der Waals surface area contributed by atoms with Crippen LogP contribution >= 0.6 is 15.8 Å². The van der Waals surface area contributed by atoms with Crippen molar-refractivity contribution in [2.75, 3.05) is 0 Å². The van der Waals surface area contributed by atoms with E-state index in [1.165, 1.54) is 48.5 Å². The van der Waals surface area contributed by atoms with Gasteiger partial charge in [0.2, 0.25) is 0 Å². The van der Waals surface area contributed by atoms with E-state index in [-0.39, 0.29) is 0 Å². The lowest BCUT2D eigenvalue weighted by Gasteiger charge is -2.25. The molecule has 0 atom stereocenters. The molecule has 0 aromatic heterocycles. The summed E-state index contributed by atoms with van der Waals surface area (Å²) in [6.45, 7) is 0. The zero-order valence-electron chi connectivity index (χ0n) is 26.1. The van der Waals surface area contributed by atoms with Gasteiger partial charge in [0.25, 0.3) is 0 Å². The molecule has 0 spiro atoms. The molecule has 0 aliphatic heterocycles. The predicted octanol–water partition coefficient (Wildman–Crippen LogP) is 10.4. The molecule has 0 radical (unpaired) electrons. The Morgan fingerprint density at radius 1 is 0.269 bits per heavy atom. The minimum Gasteiger partial charge on any atom is -0.166 e. The van der Waals surface area contributed by atoms with Gasteiger partial charge in [-0.2, -0.15) is 52.7 Å². The first-order valence-electron chi connectivity index (χ1n) is 15.1. The van der Waals surface area contributed by atoms with Gasteiger partial charge in [-0.1, -0.05) is 84.9 Å². The zero-order chi connectivity index (χ0) is 37.6. The van der Waals surface area contributed by atoms with Crippen LogP contribution in [-0.4, -0.2) is 0 Å². The number of benzene rings is 6. The molecular weight excluding hydrogens is 746 g/mol. The summed E-state index contributed by atoms with van der Waals surface area (Å²) in [5.41, 5.74) is -3.68. The van der Waals surface area contributed by atoms with Crippen molar-refractivity contribution in [3.8, 4) is 0 Å². The quantitative estimate of drug-likeness (QED) is 0.117. The van der Waals surface area contributed by atoms with Crippen molar-refractivity contribution in [2.45, 2.75) is 24.7 Å². The Hall–Kier alpha value is -4.40. The van der Waals surface area contributed by atoms with Crippen LogP contribution in [0.3, 0.4) is 0 Å². The average Bonchev–Trinajstić information content (AvgIpc) is 3.08. The number of rotatable bonds is 6. The van der Waals surface area contributed by atoms with E-state index >= 15 is 0 Å². The second-order valence-electron chi connectivity index (χ2n) is 11.5. The van der Waals surface area contributed by atoms with Gasteiger partial charge in [-0.25, -0.2) is 0 Å². The summed E-state index contributed by atoms with van der Waals surface area (Å²) in [6.07, 6.45) is -18.6. The lowest BCUT2D eigenvalue weighted by Crippen LogP contribution is -2.25. The Kier molecular flexibility index (Phi) is 9.96. The molecule has 0 amide bonds. The van der Waals surface area contributed by atoms with Crippen molar-refractivity contribution in [2.24, 2.45) is 0 Å². The van der Waals surface area contributed by atoms with E-state index in [1.54, 1.807) is 36.4 Å². The molecule has 268 valence electrons. The van der Waals surface area contributed by atoms with E-state index in [9.17, 15) is 52.7 Å². The molecule has 6 rings (SSSR count). The molecule has 0 bridgehead atoms. The third-order valence-electron chi connectivity index (χ3n) is 8.17. The van der Waals surface area contributed by atoms with E-state index in [2.05, 4.69) is 0 Å². The molecule has 6 aromatic carbocycles. The first-order chi connectivity index (χ1) is 24.3. The van der Waals surface area contributed by atoms with Gasteiger partial charge in [0.15, 0.2) is 0 Å². The predicted molar refractivity (Wildman–Crippen MR) is 181 cm³/mol. The Bertz CT molecular complexity index is 1890. The van der Waals surface area contributed by atoms with E-state index in [0.29, 0.717) is 42.6 Å². The van der Waals surface area contributed by atoms with Crippen molar-refractivity contribution in [3.63, 3.8) is 0 Å². The maximum absolute atomic E-state index is 13.5. The normalized spacial score (nSPS) is 13.0. The summed E-state index contributed by atoms with van der Waals surface area (Å²) >= 11 is 0. The fourth-order valence-electron chi connectivity index (χ4n) is 5.72. The van der Waals surface area contributed by atoms with Gasteiger partial charge in [0.05, 0.1) is 22.3 Å². The highest BCUT2D eigenvalue weighted by Crippen LogP contribution is 2.42. The second kappa shape index (κ2) is 13.9. The molecule has 0 saturated heterocycles. The molecule has 0 fully saturated rings. The first-order valence-corrected chi connectivity index (χ1v) is 17.8. The average molecular weight is 769 g/mol. The SMILES string of the molecule is FC(F)(F)c1ccc(P(c2ccc(C(F)(F)F)cc2)c2cccc3c(P(c4ccc(C(F)(F)F)cc4)c4ccc(C(F)(F)F)cc4)cccc23)cc1. The maximum atomic E-state index is 13.5. The molecule has 0 saturated carbocycles. The van der Waals surface area contributed by atoms with Crippen molar-refractivity contribution >= 4 is 58.4 Å². The standard InChI is InChI=1S/C38H22F12P2/c39-35(40,41)23-7-15-27(16-8-23)51(28-17-9-24(10-18-28)36(42,43)44)33-5-1-3-31-32(33)4-2-6-34(31)52(29-19-11-25(12-20-29)37(45,46)47)30-21-13-26(14-22-30)38(48,49)50/h1-22H. The van der Waals surface area contributed by atoms with Crippen LogP contribution in [0.15, 0.2) is 133 Å². The van der Waals surface area contributed by atoms with E-state index in [0.717, 1.165) is 48.5 Å². The molecule has 0 heterocycles. The van der Waals surface area contributed by atoms with Gasteiger partial charge in [-0.05, 0) is 107 Å². The molecule has 52 heavy (non-hydrogen) atoms. The van der Waals surface area contributed by atoms with Crippen LogP contribution in [0, 0.1) is 0 Å². The Morgan fingerprint density at radius 2 is 0.481 bits per heavy atom. The monoisotopic (exact) mass is 768 g/mol. The topological polar surface area (TPSA) is 0 Å². The molecule has 0 N–H and O–H groups in total. The summed E-state index contributed by atoms with van der Waals surface area (Å²) in [7, 11) is -3.59. The number of alkyl halides is 12. The highest BCUT2D eigenvalue weighted by atomic mass is 31.1. The minimum atomic E-state index is -4.64. The number of halogens is 12. The third-order valence-corrected chi connectivity index (χ3v) is 13.2. The van der Waals surface area contributed by atoms with Gasteiger partial charge < -0.3 is 0 Å². The van der Waals surface area contributed by atoms with E-state index in [1.807, 2.05) is 0 Å². The summed E-state index contributed by atoms with van der Waals surface area (Å²) in [5.74, 6) is 0. The maximum Gasteiger partial charge on any atom is 0.416 e. The Labute approximate surface area is 291 Å². The van der Waals surface area contributed by atoms with E-state index in [4.69, 9.17) is 0 Å². The van der Waals surface area contributed by atoms with Crippen molar-refractivity contribution < 1.29 is 52.7 Å². The van der Waals surface area contributed by atoms with Gasteiger partial charge in [0, 0.05) is 0 Å². The third kappa shape index (κ3) is 7.83. The Balaban J connectivity index is 1.56. The van der Waals surface area contributed by atoms with Crippen LogP contribution in [0.2, 0.25) is 0 Å². The fraction of sp³-hybridized carbons (Fsp3) is 0.105. The van der Waals surface area contributed by atoms with Crippen LogP contribution in [-0.2, 0) is 24.7 Å². The van der Waals surface area contributed by atoms with Gasteiger partial charge in [0.1, 0.15) is 0 Å². The molecule has 0 unspecified atom stereocenters. The highest BCUT2D eigenvalue weighted by Gasteiger charge is 2.34. The van der Waals surface area contributed by atoms with Gasteiger partial charge >= 0.3 is 24.7 Å². The molecule has 0 aliphatic rings. The van der Waals surface area contributed by atoms with Gasteiger partial charge in [-0.3, -0.25) is 0 Å². The zero-order valence-corrected chi connectivity index (χ0v) is 27.9. The first kappa shape index (κ1) is 37.4. The summed E-state index contributed by atoms with van der Waals surface area (Å²) in [4.78, 5) is 0. The largest absolute Gasteiger partial charge is 0.416 e. The minimum absolute atomic E-state index is 0.397. The fourth-order valence-corrected chi connectivity index (χ4v) is 10.6. The summed E-state index contributed by atoms with van der Waals surface area (Å²) in [5, 5.41) is 3.81. The lowest BCUT2D eigenvalue weighted by molar-refractivity contribution is -0.138.